The third kappa shape index (κ3) is 2.97. The first-order valence-electron chi connectivity index (χ1n) is 6.31. The molecule has 1 N–H and O–H groups in total. The Morgan fingerprint density at radius 2 is 2.17 bits per heavy atom. The van der Waals surface area contributed by atoms with Crippen LogP contribution < -0.4 is 4.90 Å². The summed E-state index contributed by atoms with van der Waals surface area (Å²) < 4.78 is 0. The normalized spacial score (nSPS) is 14.9. The number of hydrogen-bond acceptors (Lipinski definition) is 4. The molecule has 0 unspecified atom stereocenters. The van der Waals surface area contributed by atoms with Crippen molar-refractivity contribution in [2.45, 2.75) is 45.6 Å². The molecule has 1 aliphatic carbocycles. The summed E-state index contributed by atoms with van der Waals surface area (Å²) in [5.41, 5.74) is 0.889. The van der Waals surface area contributed by atoms with Gasteiger partial charge in [-0.25, -0.2) is 9.97 Å². The Kier molecular flexibility index (Phi) is 3.50. The largest absolute Gasteiger partial charge is 0.480 e. The molecule has 0 bridgehead atoms. The van der Waals surface area contributed by atoms with E-state index in [0.29, 0.717) is 6.04 Å². The minimum absolute atomic E-state index is 0.0126. The predicted octanol–water partition coefficient (Wildman–Crippen LogP) is 1.96. The van der Waals surface area contributed by atoms with Crippen molar-refractivity contribution in [3.63, 3.8) is 0 Å². The number of rotatable bonds is 5. The highest BCUT2D eigenvalue weighted by atomic mass is 16.4. The highest BCUT2D eigenvalue weighted by Gasteiger charge is 2.31. The molecule has 1 aliphatic rings. The minimum atomic E-state index is -0.815. The van der Waals surface area contributed by atoms with Crippen LogP contribution in [0.2, 0.25) is 0 Å². The Morgan fingerprint density at radius 1 is 1.50 bits per heavy atom. The number of aromatic nitrogens is 2. The smallest absolute Gasteiger partial charge is 0.323 e. The van der Waals surface area contributed by atoms with Crippen molar-refractivity contribution >= 4 is 11.8 Å². The monoisotopic (exact) mass is 249 g/mol. The maximum atomic E-state index is 10.9. The highest BCUT2D eigenvalue weighted by Crippen LogP contribution is 2.31. The van der Waals surface area contributed by atoms with Gasteiger partial charge < -0.3 is 10.0 Å². The second-order valence-electron chi connectivity index (χ2n) is 5.13. The first kappa shape index (κ1) is 12.8. The maximum absolute atomic E-state index is 10.9. The van der Waals surface area contributed by atoms with Gasteiger partial charge in [0.25, 0.3) is 0 Å². The van der Waals surface area contributed by atoms with E-state index in [-0.39, 0.29) is 12.5 Å². The molecule has 18 heavy (non-hydrogen) atoms. The van der Waals surface area contributed by atoms with Crippen LogP contribution in [0.15, 0.2) is 6.07 Å². The lowest BCUT2D eigenvalue weighted by molar-refractivity contribution is -0.135. The summed E-state index contributed by atoms with van der Waals surface area (Å²) >= 11 is 0. The standard InChI is InChI=1S/C13H19N3O2/c1-8(2)13-14-9(3)6-11(15-13)16(7-12(17)18)10-4-5-10/h6,8,10H,4-5,7H2,1-3H3,(H,17,18). The van der Waals surface area contributed by atoms with Gasteiger partial charge >= 0.3 is 5.97 Å². The fourth-order valence-electron chi connectivity index (χ4n) is 1.91. The lowest BCUT2D eigenvalue weighted by atomic mass is 10.2. The van der Waals surface area contributed by atoms with Crippen molar-refractivity contribution in [3.05, 3.63) is 17.6 Å². The molecule has 1 fully saturated rings. The van der Waals surface area contributed by atoms with Crippen LogP contribution >= 0.6 is 0 Å². The Morgan fingerprint density at radius 3 is 2.67 bits per heavy atom. The van der Waals surface area contributed by atoms with Gasteiger partial charge in [0.1, 0.15) is 18.2 Å². The Labute approximate surface area is 107 Å². The van der Waals surface area contributed by atoms with Crippen LogP contribution in [0.25, 0.3) is 0 Å². The number of carbonyl (C=O) groups is 1. The number of carboxylic acids is 1. The summed E-state index contributed by atoms with van der Waals surface area (Å²) in [4.78, 5) is 21.7. The number of aryl methyl sites for hydroxylation is 1. The zero-order valence-corrected chi connectivity index (χ0v) is 11.1. The molecule has 0 atom stereocenters. The van der Waals surface area contributed by atoms with Gasteiger partial charge in [0.2, 0.25) is 0 Å². The van der Waals surface area contributed by atoms with Gasteiger partial charge in [-0.05, 0) is 19.8 Å². The average Bonchev–Trinajstić information content (AvgIpc) is 3.08. The second kappa shape index (κ2) is 4.92. The molecule has 1 heterocycles. The topological polar surface area (TPSA) is 66.3 Å². The highest BCUT2D eigenvalue weighted by molar-refractivity contribution is 5.73. The molecule has 0 aromatic carbocycles. The van der Waals surface area contributed by atoms with Crippen LogP contribution in [0.1, 0.15) is 44.1 Å². The minimum Gasteiger partial charge on any atom is -0.480 e. The van der Waals surface area contributed by atoms with Gasteiger partial charge in [0, 0.05) is 23.7 Å². The van der Waals surface area contributed by atoms with E-state index >= 15 is 0 Å². The lowest BCUT2D eigenvalue weighted by Crippen LogP contribution is -2.32. The van der Waals surface area contributed by atoms with Gasteiger partial charge in [-0.2, -0.15) is 0 Å². The third-order valence-corrected chi connectivity index (χ3v) is 2.96. The average molecular weight is 249 g/mol. The van der Waals surface area contributed by atoms with E-state index in [2.05, 4.69) is 9.97 Å². The SMILES string of the molecule is Cc1cc(N(CC(=O)O)C2CC2)nc(C(C)C)n1. The summed E-state index contributed by atoms with van der Waals surface area (Å²) in [5.74, 6) is 0.955. The molecule has 1 saturated carbocycles. The van der Waals surface area contributed by atoms with Gasteiger partial charge in [0.05, 0.1) is 0 Å². The molecule has 5 heteroatoms. The second-order valence-corrected chi connectivity index (χ2v) is 5.13. The molecule has 0 spiro atoms. The van der Waals surface area contributed by atoms with E-state index in [1.807, 2.05) is 31.7 Å². The number of aliphatic carboxylic acids is 1. The van der Waals surface area contributed by atoms with E-state index in [9.17, 15) is 4.79 Å². The number of hydrogen-bond donors (Lipinski definition) is 1. The third-order valence-electron chi connectivity index (χ3n) is 2.96. The molecule has 1 aromatic heterocycles. The van der Waals surface area contributed by atoms with Gasteiger partial charge in [-0.1, -0.05) is 13.8 Å². The first-order valence-corrected chi connectivity index (χ1v) is 6.31. The summed E-state index contributed by atoms with van der Waals surface area (Å²) in [6.07, 6.45) is 2.10. The van der Waals surface area contributed by atoms with E-state index in [1.54, 1.807) is 0 Å². The van der Waals surface area contributed by atoms with Crippen molar-refractivity contribution in [3.8, 4) is 0 Å². The molecule has 2 rings (SSSR count). The predicted molar refractivity (Wildman–Crippen MR) is 68.9 cm³/mol. The number of anilines is 1. The van der Waals surface area contributed by atoms with Gasteiger partial charge in [-0.15, -0.1) is 0 Å². The zero-order chi connectivity index (χ0) is 13.3. The van der Waals surface area contributed by atoms with Gasteiger partial charge in [-0.3, -0.25) is 4.79 Å². The molecule has 0 radical (unpaired) electrons. The fraction of sp³-hybridized carbons (Fsp3) is 0.615. The van der Waals surface area contributed by atoms with Crippen molar-refractivity contribution in [2.75, 3.05) is 11.4 Å². The van der Waals surface area contributed by atoms with Crippen LogP contribution in [-0.4, -0.2) is 33.6 Å². The molecular weight excluding hydrogens is 230 g/mol. The van der Waals surface area contributed by atoms with E-state index in [0.717, 1.165) is 30.2 Å². The Bertz CT molecular complexity index is 456. The van der Waals surface area contributed by atoms with Crippen LogP contribution in [0.3, 0.4) is 0 Å². The zero-order valence-electron chi connectivity index (χ0n) is 11.1. The Hall–Kier alpha value is -1.65. The molecular formula is C13H19N3O2. The first-order chi connectivity index (χ1) is 8.47. The van der Waals surface area contributed by atoms with Crippen molar-refractivity contribution in [1.82, 2.24) is 9.97 Å². The molecule has 1 aromatic rings. The summed E-state index contributed by atoms with van der Waals surface area (Å²) in [7, 11) is 0. The molecule has 0 aliphatic heterocycles. The molecule has 98 valence electrons. The van der Waals surface area contributed by atoms with Crippen molar-refractivity contribution < 1.29 is 9.90 Å². The van der Waals surface area contributed by atoms with Crippen molar-refractivity contribution in [2.24, 2.45) is 0 Å². The van der Waals surface area contributed by atoms with Crippen LogP contribution in [0.5, 0.6) is 0 Å². The van der Waals surface area contributed by atoms with E-state index in [4.69, 9.17) is 5.11 Å². The quantitative estimate of drug-likeness (QED) is 0.864. The van der Waals surface area contributed by atoms with Crippen LogP contribution in [0.4, 0.5) is 5.82 Å². The molecule has 0 amide bonds. The van der Waals surface area contributed by atoms with Crippen molar-refractivity contribution in [1.29, 1.82) is 0 Å². The maximum Gasteiger partial charge on any atom is 0.323 e. The van der Waals surface area contributed by atoms with Crippen LogP contribution in [0, 0.1) is 6.92 Å². The number of carboxylic acid groups (broad SMARTS) is 1. The summed E-state index contributed by atoms with van der Waals surface area (Å²) in [6.45, 7) is 6.01. The Balaban J connectivity index is 2.31. The molecule has 5 nitrogen and oxygen atoms in total. The van der Waals surface area contributed by atoms with Gasteiger partial charge in [0.15, 0.2) is 0 Å². The fourth-order valence-corrected chi connectivity index (χ4v) is 1.91. The lowest BCUT2D eigenvalue weighted by Gasteiger charge is -2.22. The van der Waals surface area contributed by atoms with Crippen LogP contribution in [-0.2, 0) is 4.79 Å². The summed E-state index contributed by atoms with van der Waals surface area (Å²) in [6, 6.07) is 2.20. The molecule has 0 saturated heterocycles. The van der Waals surface area contributed by atoms with E-state index in [1.165, 1.54) is 0 Å². The summed E-state index contributed by atoms with van der Waals surface area (Å²) in [5, 5.41) is 8.98. The van der Waals surface area contributed by atoms with E-state index < -0.39 is 5.97 Å². The number of nitrogens with zero attached hydrogens (tertiary/aromatic N) is 3.